The number of aromatic amines is 1. The Hall–Kier alpha value is -2.92. The maximum atomic E-state index is 12.2. The second-order valence-corrected chi connectivity index (χ2v) is 7.71. The van der Waals surface area contributed by atoms with E-state index in [0.29, 0.717) is 5.92 Å². The Morgan fingerprint density at radius 1 is 1.00 bits per heavy atom. The number of hydrogen-bond donors (Lipinski definition) is 2. The Balaban J connectivity index is 0.00000106. The number of rotatable bonds is 3. The van der Waals surface area contributed by atoms with Gasteiger partial charge in [-0.05, 0) is 37.6 Å². The van der Waals surface area contributed by atoms with Crippen LogP contribution in [-0.4, -0.2) is 41.1 Å². The van der Waals surface area contributed by atoms with Crippen LogP contribution in [0.2, 0.25) is 0 Å². The second kappa shape index (κ2) is 9.26. The van der Waals surface area contributed by atoms with Crippen molar-refractivity contribution in [1.82, 2.24) is 9.88 Å². The van der Waals surface area contributed by atoms with Crippen LogP contribution in [0.4, 0.5) is 5.69 Å². The lowest BCUT2D eigenvalue weighted by Crippen LogP contribution is -2.36. The Bertz CT molecular complexity index is 1030. The Morgan fingerprint density at radius 2 is 1.70 bits per heavy atom. The summed E-state index contributed by atoms with van der Waals surface area (Å²) in [5, 5.41) is 4.12. The molecule has 156 valence electrons. The molecule has 2 N–H and O–H groups in total. The molecule has 2 aromatic carbocycles. The number of aliphatic imine (C=N–C) groups is 1. The van der Waals surface area contributed by atoms with E-state index < -0.39 is 0 Å². The molecule has 0 radical (unpaired) electrons. The van der Waals surface area contributed by atoms with Crippen LogP contribution in [0, 0.1) is 5.92 Å². The summed E-state index contributed by atoms with van der Waals surface area (Å²) in [5.41, 5.74) is 5.35. The lowest BCUT2D eigenvalue weighted by atomic mass is 9.89. The zero-order chi connectivity index (χ0) is 20.9. The van der Waals surface area contributed by atoms with Gasteiger partial charge in [0.2, 0.25) is 5.91 Å². The van der Waals surface area contributed by atoms with Gasteiger partial charge in [-0.25, -0.2) is 0 Å². The Labute approximate surface area is 178 Å². The van der Waals surface area contributed by atoms with Crippen molar-refractivity contribution in [2.45, 2.75) is 33.2 Å². The smallest absolute Gasteiger partial charge is 0.246 e. The first kappa shape index (κ1) is 20.4. The standard InChI is InChI=1S/C23H24N4O.C2H6/c28-20-14-24-21(23-22(26-20)18-8-4-5-9-19(18)25-23)17-10-12-27(13-11-17)15-16-6-2-1-3-7-16;1-2/h1-9,17,25H,10-15H2,(H,26,28);1-2H3. The normalized spacial score (nSPS) is 17.4. The van der Waals surface area contributed by atoms with Gasteiger partial charge in [-0.3, -0.25) is 14.7 Å². The molecule has 1 aromatic heterocycles. The van der Waals surface area contributed by atoms with E-state index in [1.54, 1.807) is 0 Å². The number of likely N-dealkylation sites (tertiary alicyclic amines) is 1. The highest BCUT2D eigenvalue weighted by Gasteiger charge is 2.29. The zero-order valence-electron chi connectivity index (χ0n) is 17.8. The van der Waals surface area contributed by atoms with Crippen molar-refractivity contribution in [3.05, 3.63) is 65.9 Å². The zero-order valence-corrected chi connectivity index (χ0v) is 17.8. The lowest BCUT2D eigenvalue weighted by Gasteiger charge is -2.32. The van der Waals surface area contributed by atoms with E-state index in [2.05, 4.69) is 57.7 Å². The van der Waals surface area contributed by atoms with Gasteiger partial charge in [0.05, 0.1) is 17.1 Å². The second-order valence-electron chi connectivity index (χ2n) is 7.71. The van der Waals surface area contributed by atoms with Crippen LogP contribution >= 0.6 is 0 Å². The summed E-state index contributed by atoms with van der Waals surface area (Å²) in [5.74, 6) is 0.342. The fraction of sp³-hybridized carbons (Fsp3) is 0.360. The number of aromatic nitrogens is 1. The SMILES string of the molecule is CC.O=C1CN=C(C2CCN(Cc3ccccc3)CC2)c2[nH]c3ccccc3c2N1. The molecule has 5 heteroatoms. The number of H-pyrrole nitrogens is 1. The van der Waals surface area contributed by atoms with Gasteiger partial charge in [0.15, 0.2) is 0 Å². The van der Waals surface area contributed by atoms with E-state index in [0.717, 1.165) is 60.5 Å². The number of benzene rings is 2. The number of piperidine rings is 1. The molecule has 2 aliphatic heterocycles. The summed E-state index contributed by atoms with van der Waals surface area (Å²) in [7, 11) is 0. The minimum absolute atomic E-state index is 0.0393. The summed E-state index contributed by atoms with van der Waals surface area (Å²) in [6, 6.07) is 18.8. The van der Waals surface area contributed by atoms with Crippen LogP contribution in [0.3, 0.4) is 0 Å². The number of hydrogen-bond acceptors (Lipinski definition) is 3. The highest BCUT2D eigenvalue weighted by Crippen LogP contribution is 2.33. The molecule has 5 nitrogen and oxygen atoms in total. The summed E-state index contributed by atoms with van der Waals surface area (Å²) in [4.78, 5) is 23.0. The molecule has 0 unspecified atom stereocenters. The molecule has 0 atom stereocenters. The third-order valence-electron chi connectivity index (χ3n) is 5.84. The van der Waals surface area contributed by atoms with Gasteiger partial charge in [0.1, 0.15) is 6.54 Å². The largest absolute Gasteiger partial charge is 0.352 e. The average molecular weight is 403 g/mol. The molecular formula is C25H30N4O. The fourth-order valence-corrected chi connectivity index (χ4v) is 4.42. The quantitative estimate of drug-likeness (QED) is 0.658. The first-order valence-electron chi connectivity index (χ1n) is 11.0. The van der Waals surface area contributed by atoms with Gasteiger partial charge in [0, 0.05) is 23.4 Å². The summed E-state index contributed by atoms with van der Waals surface area (Å²) >= 11 is 0. The lowest BCUT2D eigenvalue weighted by molar-refractivity contribution is -0.114. The van der Waals surface area contributed by atoms with Crippen molar-refractivity contribution in [2.75, 3.05) is 25.0 Å². The van der Waals surface area contributed by atoms with E-state index in [9.17, 15) is 4.79 Å². The molecule has 0 aliphatic carbocycles. The minimum Gasteiger partial charge on any atom is -0.352 e. The number of nitrogens with zero attached hydrogens (tertiary/aromatic N) is 2. The molecule has 3 heterocycles. The van der Waals surface area contributed by atoms with E-state index in [-0.39, 0.29) is 12.5 Å². The first-order valence-corrected chi connectivity index (χ1v) is 11.0. The predicted molar refractivity (Wildman–Crippen MR) is 124 cm³/mol. The molecule has 5 rings (SSSR count). The monoisotopic (exact) mass is 402 g/mol. The number of para-hydroxylation sites is 1. The number of anilines is 1. The minimum atomic E-state index is -0.0393. The number of amides is 1. The molecule has 0 saturated carbocycles. The van der Waals surface area contributed by atoms with Gasteiger partial charge >= 0.3 is 0 Å². The maximum absolute atomic E-state index is 12.2. The van der Waals surface area contributed by atoms with E-state index >= 15 is 0 Å². The van der Waals surface area contributed by atoms with Crippen LogP contribution in [0.25, 0.3) is 10.9 Å². The van der Waals surface area contributed by atoms with Crippen molar-refractivity contribution in [2.24, 2.45) is 10.9 Å². The topological polar surface area (TPSA) is 60.5 Å². The van der Waals surface area contributed by atoms with E-state index in [1.807, 2.05) is 26.0 Å². The van der Waals surface area contributed by atoms with E-state index in [1.165, 1.54) is 5.56 Å². The highest BCUT2D eigenvalue weighted by molar-refractivity contribution is 6.17. The molecule has 0 spiro atoms. The molecule has 2 aliphatic rings. The van der Waals surface area contributed by atoms with Crippen molar-refractivity contribution in [3.8, 4) is 0 Å². The van der Waals surface area contributed by atoms with Crippen LogP contribution < -0.4 is 5.32 Å². The van der Waals surface area contributed by atoms with Crippen molar-refractivity contribution < 1.29 is 4.79 Å². The van der Waals surface area contributed by atoms with Gasteiger partial charge in [-0.15, -0.1) is 0 Å². The Kier molecular flexibility index (Phi) is 6.29. The van der Waals surface area contributed by atoms with Crippen LogP contribution in [0.1, 0.15) is 37.9 Å². The average Bonchev–Trinajstić information content (AvgIpc) is 3.06. The first-order chi connectivity index (χ1) is 14.8. The van der Waals surface area contributed by atoms with Crippen molar-refractivity contribution in [3.63, 3.8) is 0 Å². The number of carbonyl (C=O) groups is 1. The van der Waals surface area contributed by atoms with Crippen LogP contribution in [-0.2, 0) is 11.3 Å². The molecule has 1 amide bonds. The predicted octanol–water partition coefficient (Wildman–Crippen LogP) is 4.85. The van der Waals surface area contributed by atoms with Crippen molar-refractivity contribution >= 4 is 28.2 Å². The van der Waals surface area contributed by atoms with Crippen molar-refractivity contribution in [1.29, 1.82) is 0 Å². The van der Waals surface area contributed by atoms with Crippen LogP contribution in [0.15, 0.2) is 59.6 Å². The molecule has 3 aromatic rings. The number of fused-ring (bicyclic) bond motifs is 3. The molecule has 1 saturated heterocycles. The van der Waals surface area contributed by atoms with Gasteiger partial charge in [0.25, 0.3) is 0 Å². The summed E-state index contributed by atoms with van der Waals surface area (Å²) < 4.78 is 0. The van der Waals surface area contributed by atoms with Crippen LogP contribution in [0.5, 0.6) is 0 Å². The van der Waals surface area contributed by atoms with E-state index in [4.69, 9.17) is 4.99 Å². The molecule has 30 heavy (non-hydrogen) atoms. The maximum Gasteiger partial charge on any atom is 0.246 e. The van der Waals surface area contributed by atoms with Gasteiger partial charge in [-0.1, -0.05) is 62.4 Å². The summed E-state index contributed by atoms with van der Waals surface area (Å²) in [6.45, 7) is 7.30. The fourth-order valence-electron chi connectivity index (χ4n) is 4.42. The Morgan fingerprint density at radius 3 is 2.47 bits per heavy atom. The molecule has 0 bridgehead atoms. The number of nitrogens with one attached hydrogen (secondary N) is 2. The third-order valence-corrected chi connectivity index (χ3v) is 5.84. The number of carbonyl (C=O) groups excluding carboxylic acids is 1. The molecular weight excluding hydrogens is 372 g/mol. The molecule has 1 fully saturated rings. The van der Waals surface area contributed by atoms with Gasteiger partial charge in [-0.2, -0.15) is 0 Å². The third kappa shape index (κ3) is 4.17. The highest BCUT2D eigenvalue weighted by atomic mass is 16.1. The summed E-state index contributed by atoms with van der Waals surface area (Å²) in [6.07, 6.45) is 2.13. The van der Waals surface area contributed by atoms with Gasteiger partial charge < -0.3 is 10.3 Å².